The molecule has 0 aromatic heterocycles. The molecule has 3 heteroatoms. The SMILES string of the molecule is O=C(CC1=CC2NC(Cc3ccccc3)=NC2C=C1)CC12CC3CC(CC(C3)C1)C2. The number of nitrogens with zero attached hydrogens (tertiary/aromatic N) is 1. The van der Waals surface area contributed by atoms with Gasteiger partial charge in [0.25, 0.3) is 0 Å². The van der Waals surface area contributed by atoms with Gasteiger partial charge in [0.15, 0.2) is 0 Å². The maximum atomic E-state index is 13.1. The van der Waals surface area contributed by atoms with E-state index in [4.69, 9.17) is 4.99 Å². The highest BCUT2D eigenvalue weighted by atomic mass is 16.1. The predicted molar refractivity (Wildman–Crippen MR) is 120 cm³/mol. The summed E-state index contributed by atoms with van der Waals surface area (Å²) in [6.07, 6.45) is 17.1. The average Bonchev–Trinajstić information content (AvgIpc) is 3.08. The molecule has 1 aromatic rings. The molecule has 5 aliphatic carbocycles. The predicted octanol–water partition coefficient (Wildman–Crippen LogP) is 5.03. The third-order valence-electron chi connectivity index (χ3n) is 8.26. The molecular weight excluding hydrogens is 368 g/mol. The van der Waals surface area contributed by atoms with Crippen LogP contribution in [0.4, 0.5) is 0 Å². The number of hydrogen-bond acceptors (Lipinski definition) is 3. The van der Waals surface area contributed by atoms with Crippen molar-refractivity contribution in [3.63, 3.8) is 0 Å². The topological polar surface area (TPSA) is 41.5 Å². The van der Waals surface area contributed by atoms with Gasteiger partial charge < -0.3 is 5.32 Å². The first-order valence-corrected chi connectivity index (χ1v) is 11.9. The normalized spacial score (nSPS) is 38.1. The minimum Gasteiger partial charge on any atom is -0.365 e. The Bertz CT molecular complexity index is 890. The van der Waals surface area contributed by atoms with E-state index >= 15 is 0 Å². The Morgan fingerprint density at radius 2 is 1.73 bits per heavy atom. The van der Waals surface area contributed by atoms with Crippen molar-refractivity contribution < 1.29 is 4.79 Å². The van der Waals surface area contributed by atoms with Crippen molar-refractivity contribution in [2.24, 2.45) is 28.2 Å². The smallest absolute Gasteiger partial charge is 0.137 e. The number of rotatable bonds is 6. The zero-order valence-corrected chi connectivity index (χ0v) is 17.7. The Hall–Kier alpha value is -2.16. The lowest BCUT2D eigenvalue weighted by molar-refractivity contribution is -0.126. The molecule has 1 aliphatic heterocycles. The molecule has 6 aliphatic rings. The Kier molecular flexibility index (Phi) is 4.47. The molecule has 4 saturated carbocycles. The number of carbonyl (C=O) groups excluding carboxylic acids is 1. The zero-order chi connectivity index (χ0) is 20.1. The zero-order valence-electron chi connectivity index (χ0n) is 17.7. The van der Waals surface area contributed by atoms with Crippen LogP contribution in [0.5, 0.6) is 0 Å². The number of hydrogen-bond donors (Lipinski definition) is 1. The number of amidine groups is 1. The summed E-state index contributed by atoms with van der Waals surface area (Å²) >= 11 is 0. The molecule has 4 fully saturated rings. The van der Waals surface area contributed by atoms with Crippen LogP contribution in [0.15, 0.2) is 59.1 Å². The van der Waals surface area contributed by atoms with Crippen molar-refractivity contribution in [1.29, 1.82) is 0 Å². The quantitative estimate of drug-likeness (QED) is 0.728. The molecule has 1 N–H and O–H groups in total. The highest BCUT2D eigenvalue weighted by molar-refractivity contribution is 5.87. The van der Waals surface area contributed by atoms with Gasteiger partial charge in [-0.2, -0.15) is 0 Å². The van der Waals surface area contributed by atoms with Crippen LogP contribution in [-0.2, 0) is 11.2 Å². The highest BCUT2D eigenvalue weighted by Crippen LogP contribution is 2.61. The van der Waals surface area contributed by atoms with Gasteiger partial charge in [-0.3, -0.25) is 9.79 Å². The fraction of sp³-hybridized carbons (Fsp3) is 0.556. The lowest BCUT2D eigenvalue weighted by Crippen LogP contribution is -2.46. The molecule has 0 radical (unpaired) electrons. The second kappa shape index (κ2) is 7.21. The maximum Gasteiger partial charge on any atom is 0.137 e. The summed E-state index contributed by atoms with van der Waals surface area (Å²) < 4.78 is 0. The first kappa shape index (κ1) is 18.6. The molecule has 0 spiro atoms. The summed E-state index contributed by atoms with van der Waals surface area (Å²) in [5.41, 5.74) is 2.81. The number of benzene rings is 1. The third kappa shape index (κ3) is 3.57. The van der Waals surface area contributed by atoms with Crippen LogP contribution in [0, 0.1) is 23.2 Å². The van der Waals surface area contributed by atoms with Gasteiger partial charge in [-0.25, -0.2) is 0 Å². The van der Waals surface area contributed by atoms with Gasteiger partial charge in [-0.05, 0) is 72.8 Å². The largest absolute Gasteiger partial charge is 0.365 e. The van der Waals surface area contributed by atoms with E-state index in [-0.39, 0.29) is 12.1 Å². The first-order valence-electron chi connectivity index (χ1n) is 11.9. The van der Waals surface area contributed by atoms with Crippen LogP contribution in [0.2, 0.25) is 0 Å². The molecule has 7 rings (SSSR count). The van der Waals surface area contributed by atoms with Crippen molar-refractivity contribution in [2.45, 2.75) is 69.9 Å². The van der Waals surface area contributed by atoms with E-state index in [1.807, 2.05) is 6.07 Å². The van der Waals surface area contributed by atoms with Crippen molar-refractivity contribution in [3.05, 3.63) is 59.7 Å². The number of carbonyl (C=O) groups is 1. The van der Waals surface area contributed by atoms with Crippen molar-refractivity contribution in [1.82, 2.24) is 5.32 Å². The molecule has 1 aromatic carbocycles. The van der Waals surface area contributed by atoms with E-state index in [1.165, 1.54) is 49.7 Å². The van der Waals surface area contributed by atoms with Gasteiger partial charge >= 0.3 is 0 Å². The molecule has 30 heavy (non-hydrogen) atoms. The number of nitrogens with one attached hydrogen (secondary N) is 1. The number of aliphatic imine (C=N–C) groups is 1. The molecule has 2 unspecified atom stereocenters. The standard InChI is InChI=1S/C27H32N2O/c30-23(17-27-14-20-8-21(15-27)10-22(9-20)16-27)11-19-6-7-24-25(12-19)29-26(28-24)13-18-4-2-1-3-5-18/h1-7,12,20-22,24-25H,8-11,13-17H2,(H,28,29). The van der Waals surface area contributed by atoms with Gasteiger partial charge in [0.2, 0.25) is 0 Å². The molecule has 156 valence electrons. The summed E-state index contributed by atoms with van der Waals surface area (Å²) in [5.74, 6) is 4.26. The van der Waals surface area contributed by atoms with Gasteiger partial charge in [0, 0.05) is 19.3 Å². The van der Waals surface area contributed by atoms with Crippen LogP contribution in [0.1, 0.15) is 56.9 Å². The van der Waals surface area contributed by atoms with Crippen molar-refractivity contribution in [3.8, 4) is 0 Å². The van der Waals surface area contributed by atoms with Crippen LogP contribution in [-0.4, -0.2) is 23.7 Å². The monoisotopic (exact) mass is 400 g/mol. The summed E-state index contributed by atoms with van der Waals surface area (Å²) in [5, 5.41) is 3.58. The summed E-state index contributed by atoms with van der Waals surface area (Å²) in [6, 6.07) is 10.9. The summed E-state index contributed by atoms with van der Waals surface area (Å²) in [6.45, 7) is 0. The van der Waals surface area contributed by atoms with Crippen LogP contribution >= 0.6 is 0 Å². The second-order valence-electron chi connectivity index (χ2n) is 10.8. The Morgan fingerprint density at radius 1 is 1.03 bits per heavy atom. The average molecular weight is 401 g/mol. The first-order chi connectivity index (χ1) is 14.6. The lowest BCUT2D eigenvalue weighted by Gasteiger charge is -2.56. The second-order valence-corrected chi connectivity index (χ2v) is 10.8. The Morgan fingerprint density at radius 3 is 2.43 bits per heavy atom. The van der Waals surface area contributed by atoms with Crippen LogP contribution in [0.3, 0.4) is 0 Å². The lowest BCUT2D eigenvalue weighted by atomic mass is 9.48. The number of ketones is 1. The Balaban J connectivity index is 1.07. The molecule has 2 atom stereocenters. The van der Waals surface area contributed by atoms with E-state index in [2.05, 4.69) is 47.8 Å². The van der Waals surface area contributed by atoms with E-state index in [9.17, 15) is 4.79 Å². The molecular formula is C27H32N2O. The highest BCUT2D eigenvalue weighted by Gasteiger charge is 2.51. The molecule has 1 heterocycles. The molecule has 4 bridgehead atoms. The fourth-order valence-electron chi connectivity index (χ4n) is 7.61. The van der Waals surface area contributed by atoms with Gasteiger partial charge in [-0.1, -0.05) is 48.6 Å². The van der Waals surface area contributed by atoms with Gasteiger partial charge in [-0.15, -0.1) is 0 Å². The van der Waals surface area contributed by atoms with Gasteiger partial charge in [0.1, 0.15) is 11.6 Å². The molecule has 3 nitrogen and oxygen atoms in total. The van der Waals surface area contributed by atoms with E-state index in [0.29, 0.717) is 17.6 Å². The molecule has 0 amide bonds. The van der Waals surface area contributed by atoms with E-state index < -0.39 is 0 Å². The Labute approximate surface area is 179 Å². The van der Waals surface area contributed by atoms with Crippen molar-refractivity contribution >= 4 is 11.6 Å². The van der Waals surface area contributed by atoms with Crippen LogP contribution in [0.25, 0.3) is 0 Å². The van der Waals surface area contributed by atoms with Gasteiger partial charge in [0.05, 0.1) is 12.1 Å². The summed E-state index contributed by atoms with van der Waals surface area (Å²) in [4.78, 5) is 17.9. The van der Waals surface area contributed by atoms with E-state index in [1.54, 1.807) is 0 Å². The number of allylic oxidation sites excluding steroid dienone is 2. The third-order valence-corrected chi connectivity index (χ3v) is 8.26. The van der Waals surface area contributed by atoms with Crippen molar-refractivity contribution in [2.75, 3.05) is 0 Å². The van der Waals surface area contributed by atoms with Crippen LogP contribution < -0.4 is 5.32 Å². The fourth-order valence-corrected chi connectivity index (χ4v) is 7.61. The summed E-state index contributed by atoms with van der Waals surface area (Å²) in [7, 11) is 0. The maximum absolute atomic E-state index is 13.1. The van der Waals surface area contributed by atoms with E-state index in [0.717, 1.165) is 36.4 Å². The molecule has 0 saturated heterocycles. The minimum absolute atomic E-state index is 0.172. The number of fused-ring (bicyclic) bond motifs is 1. The minimum atomic E-state index is 0.172. The number of Topliss-reactive ketones (excluding diaryl/α,β-unsaturated/α-hetero) is 1.